The van der Waals surface area contributed by atoms with Crippen molar-refractivity contribution >= 4 is 79.5 Å². The van der Waals surface area contributed by atoms with Crippen LogP contribution in [0.3, 0.4) is 0 Å². The molecule has 0 spiro atoms. The van der Waals surface area contributed by atoms with Crippen molar-refractivity contribution in [1.29, 1.82) is 0 Å². The van der Waals surface area contributed by atoms with E-state index in [0.29, 0.717) is 21.9 Å². The van der Waals surface area contributed by atoms with Crippen LogP contribution in [0.4, 0.5) is 0 Å². The van der Waals surface area contributed by atoms with E-state index in [1.165, 1.54) is 0 Å². The summed E-state index contributed by atoms with van der Waals surface area (Å²) in [5, 5.41) is 2.63. The SMILES string of the molecule is Cc1cc(C)c2ccccc2c1S(=O)(=O)[O-].Cc1cc(C)c2ccccc2c1S(=O)(=O)[O-].[Ca+2]. The molecule has 4 aromatic rings. The van der Waals surface area contributed by atoms with Crippen LogP contribution in [-0.4, -0.2) is 63.7 Å². The molecule has 6 nitrogen and oxygen atoms in total. The molecule has 0 unspecified atom stereocenters. The number of fused-ring (bicyclic) bond motifs is 2. The Kier molecular flexibility index (Phi) is 8.73. The van der Waals surface area contributed by atoms with Crippen LogP contribution in [0, 0.1) is 27.7 Å². The molecule has 33 heavy (non-hydrogen) atoms. The van der Waals surface area contributed by atoms with Crippen molar-refractivity contribution in [3.8, 4) is 0 Å². The summed E-state index contributed by atoms with van der Waals surface area (Å²) in [7, 11) is -8.85. The van der Waals surface area contributed by atoms with Crippen LogP contribution < -0.4 is 0 Å². The minimum atomic E-state index is -4.43. The molecular formula is C24H22CaO6S2. The van der Waals surface area contributed by atoms with Gasteiger partial charge in [-0.2, -0.15) is 0 Å². The van der Waals surface area contributed by atoms with Crippen molar-refractivity contribution in [2.75, 3.05) is 0 Å². The van der Waals surface area contributed by atoms with E-state index in [1.54, 1.807) is 50.2 Å². The quantitative estimate of drug-likeness (QED) is 0.293. The molecule has 0 bridgehead atoms. The molecule has 0 saturated carbocycles. The zero-order chi connectivity index (χ0) is 23.8. The van der Waals surface area contributed by atoms with Gasteiger partial charge in [-0.1, -0.05) is 60.7 Å². The van der Waals surface area contributed by atoms with E-state index in [-0.39, 0.29) is 47.5 Å². The number of rotatable bonds is 2. The summed E-state index contributed by atoms with van der Waals surface area (Å²) in [4.78, 5) is -0.206. The molecule has 0 aliphatic heterocycles. The van der Waals surface area contributed by atoms with Gasteiger partial charge in [0.2, 0.25) is 0 Å². The first kappa shape index (κ1) is 27.7. The Balaban J connectivity index is 0.000000227. The normalized spacial score (nSPS) is 11.6. The second kappa shape index (κ2) is 10.4. The van der Waals surface area contributed by atoms with E-state index in [4.69, 9.17) is 0 Å². The zero-order valence-electron chi connectivity index (χ0n) is 18.7. The van der Waals surface area contributed by atoms with Gasteiger partial charge in [-0.05, 0) is 71.5 Å². The smallest absolute Gasteiger partial charge is 0.744 e. The van der Waals surface area contributed by atoms with Crippen LogP contribution in [0.15, 0.2) is 70.5 Å². The Morgan fingerprint density at radius 2 is 0.788 bits per heavy atom. The minimum absolute atomic E-state index is 0. The second-order valence-corrected chi connectivity index (χ2v) is 10.3. The van der Waals surface area contributed by atoms with Crippen LogP contribution in [0.5, 0.6) is 0 Å². The summed E-state index contributed by atoms with van der Waals surface area (Å²) in [6.45, 7) is 7.08. The number of hydrogen-bond donors (Lipinski definition) is 0. The van der Waals surface area contributed by atoms with Gasteiger partial charge in [-0.3, -0.25) is 0 Å². The molecule has 0 aromatic heterocycles. The van der Waals surface area contributed by atoms with Gasteiger partial charge in [0.1, 0.15) is 20.2 Å². The Morgan fingerprint density at radius 1 is 0.515 bits per heavy atom. The molecule has 4 aromatic carbocycles. The van der Waals surface area contributed by atoms with Gasteiger partial charge < -0.3 is 9.11 Å². The second-order valence-electron chi connectivity index (χ2n) is 7.68. The molecule has 0 amide bonds. The van der Waals surface area contributed by atoms with E-state index in [0.717, 1.165) is 21.9 Å². The number of aryl methyl sites for hydroxylation is 4. The van der Waals surface area contributed by atoms with Gasteiger partial charge in [0.25, 0.3) is 0 Å². The van der Waals surface area contributed by atoms with Crippen molar-refractivity contribution in [1.82, 2.24) is 0 Å². The third kappa shape index (κ3) is 5.95. The molecule has 0 N–H and O–H groups in total. The standard InChI is InChI=1S/2C12H12O3S.Ca/c2*1-8-7-9(2)12(16(13,14)15)11-6-4-3-5-10(8)11;/h2*3-7H,1-2H3,(H,13,14,15);/q;;+2/p-2. The van der Waals surface area contributed by atoms with E-state index in [2.05, 4.69) is 0 Å². The summed E-state index contributed by atoms with van der Waals surface area (Å²) >= 11 is 0. The first-order valence-electron chi connectivity index (χ1n) is 9.72. The maximum Gasteiger partial charge on any atom is 2.00 e. The van der Waals surface area contributed by atoms with E-state index < -0.39 is 20.2 Å². The fraction of sp³-hybridized carbons (Fsp3) is 0.167. The molecule has 0 radical (unpaired) electrons. The molecule has 168 valence electrons. The van der Waals surface area contributed by atoms with Crippen molar-refractivity contribution in [3.63, 3.8) is 0 Å². The Hall–Kier alpha value is -1.52. The molecule has 0 aliphatic carbocycles. The fourth-order valence-electron chi connectivity index (χ4n) is 4.07. The fourth-order valence-corrected chi connectivity index (χ4v) is 5.88. The average molecular weight is 511 g/mol. The van der Waals surface area contributed by atoms with E-state index in [9.17, 15) is 25.9 Å². The van der Waals surface area contributed by atoms with Crippen molar-refractivity contribution < 1.29 is 25.9 Å². The molecule has 4 rings (SSSR count). The van der Waals surface area contributed by atoms with Gasteiger partial charge in [0, 0.05) is 0 Å². The van der Waals surface area contributed by atoms with Crippen molar-refractivity contribution in [2.45, 2.75) is 37.5 Å². The molecule has 0 fully saturated rings. The average Bonchev–Trinajstić information content (AvgIpc) is 2.66. The first-order chi connectivity index (χ1) is 14.8. The van der Waals surface area contributed by atoms with Gasteiger partial charge in [-0.25, -0.2) is 16.8 Å². The van der Waals surface area contributed by atoms with Crippen LogP contribution in [0.2, 0.25) is 0 Å². The predicted molar refractivity (Wildman–Crippen MR) is 129 cm³/mol. The molecule has 0 aliphatic rings. The third-order valence-electron chi connectivity index (χ3n) is 5.28. The van der Waals surface area contributed by atoms with Crippen molar-refractivity contribution in [2.24, 2.45) is 0 Å². The molecule has 0 atom stereocenters. The summed E-state index contributed by atoms with van der Waals surface area (Å²) in [5.41, 5.74) is 2.96. The van der Waals surface area contributed by atoms with Crippen molar-refractivity contribution in [3.05, 3.63) is 82.9 Å². The van der Waals surface area contributed by atoms with Crippen LogP contribution in [0.25, 0.3) is 21.5 Å². The van der Waals surface area contributed by atoms with Gasteiger partial charge >= 0.3 is 37.7 Å². The molecule has 0 heterocycles. The number of benzene rings is 4. The Labute approximate surface area is 224 Å². The van der Waals surface area contributed by atoms with Crippen LogP contribution in [-0.2, 0) is 20.2 Å². The van der Waals surface area contributed by atoms with E-state index in [1.807, 2.05) is 38.1 Å². The topological polar surface area (TPSA) is 114 Å². The van der Waals surface area contributed by atoms with E-state index >= 15 is 0 Å². The maximum atomic E-state index is 11.2. The van der Waals surface area contributed by atoms with Crippen LogP contribution >= 0.6 is 0 Å². The summed E-state index contributed by atoms with van der Waals surface area (Å²) < 4.78 is 67.3. The largest absolute Gasteiger partial charge is 2.00 e. The number of hydrogen-bond acceptors (Lipinski definition) is 6. The minimum Gasteiger partial charge on any atom is -0.744 e. The van der Waals surface area contributed by atoms with Gasteiger partial charge in [0.15, 0.2) is 0 Å². The predicted octanol–water partition coefficient (Wildman–Crippen LogP) is 4.34. The van der Waals surface area contributed by atoms with Gasteiger partial charge in [-0.15, -0.1) is 0 Å². The maximum absolute atomic E-state index is 11.2. The summed E-state index contributed by atoms with van der Waals surface area (Å²) in [5.74, 6) is 0. The molecule has 0 saturated heterocycles. The van der Waals surface area contributed by atoms with Gasteiger partial charge in [0.05, 0.1) is 9.79 Å². The Bertz CT molecular complexity index is 1440. The summed E-state index contributed by atoms with van der Waals surface area (Å²) in [6, 6.07) is 17.5. The van der Waals surface area contributed by atoms with Crippen LogP contribution in [0.1, 0.15) is 22.3 Å². The molecular weight excluding hydrogens is 488 g/mol. The summed E-state index contributed by atoms with van der Waals surface area (Å²) in [6.07, 6.45) is 0. The monoisotopic (exact) mass is 510 g/mol. The zero-order valence-corrected chi connectivity index (χ0v) is 22.6. The third-order valence-corrected chi connectivity index (χ3v) is 7.36. The first-order valence-corrected chi connectivity index (χ1v) is 12.5. The Morgan fingerprint density at radius 3 is 1.06 bits per heavy atom. The molecule has 9 heteroatoms.